The van der Waals surface area contributed by atoms with Crippen molar-refractivity contribution in [2.45, 2.75) is 4.90 Å². The molecule has 2 rings (SSSR count). The van der Waals surface area contributed by atoms with Crippen LogP contribution >= 0.6 is 22.0 Å². The number of nitrogens with zero attached hydrogens (tertiary/aromatic N) is 1. The Morgan fingerprint density at radius 3 is 2.79 bits per heavy atom. The molecule has 0 saturated carbocycles. The van der Waals surface area contributed by atoms with E-state index in [2.05, 4.69) is 9.68 Å². The average molecular weight is 250 g/mol. The predicted molar refractivity (Wildman–Crippen MR) is 52.9 cm³/mol. The van der Waals surface area contributed by atoms with Crippen LogP contribution in [0.15, 0.2) is 33.2 Å². The Bertz CT molecular complexity index is 529. The summed E-state index contributed by atoms with van der Waals surface area (Å²) in [5.74, 6) is 0. The van der Waals surface area contributed by atoms with Crippen LogP contribution in [0, 0.1) is 0 Å². The maximum absolute atomic E-state index is 10.9. The molecule has 2 aromatic heterocycles. The van der Waals surface area contributed by atoms with Crippen LogP contribution in [0.25, 0.3) is 10.6 Å². The van der Waals surface area contributed by atoms with E-state index in [4.69, 9.17) is 10.7 Å². The summed E-state index contributed by atoms with van der Waals surface area (Å²) in [5, 5.41) is 5.14. The van der Waals surface area contributed by atoms with E-state index in [1.165, 1.54) is 29.0 Å². The highest BCUT2D eigenvalue weighted by atomic mass is 35.7. The molecule has 7 heteroatoms. The monoisotopic (exact) mass is 249 g/mol. The largest absolute Gasteiger partial charge is 0.364 e. The van der Waals surface area contributed by atoms with Gasteiger partial charge in [-0.25, -0.2) is 8.42 Å². The molecule has 2 heterocycles. The van der Waals surface area contributed by atoms with Gasteiger partial charge in [0.25, 0.3) is 9.05 Å². The molecule has 0 aliphatic rings. The van der Waals surface area contributed by atoms with Gasteiger partial charge in [0.2, 0.25) is 0 Å². The lowest BCUT2D eigenvalue weighted by atomic mass is 10.3. The van der Waals surface area contributed by atoms with E-state index in [9.17, 15) is 8.42 Å². The van der Waals surface area contributed by atoms with Crippen molar-refractivity contribution in [3.63, 3.8) is 0 Å². The number of hydrogen-bond donors (Lipinski definition) is 0. The second kappa shape index (κ2) is 3.38. The maximum atomic E-state index is 10.9. The van der Waals surface area contributed by atoms with Gasteiger partial charge in [0.15, 0.2) is 0 Å². The van der Waals surface area contributed by atoms with Gasteiger partial charge >= 0.3 is 0 Å². The van der Waals surface area contributed by atoms with Gasteiger partial charge in [-0.15, -0.1) is 11.3 Å². The number of thiophene rings is 1. The Morgan fingerprint density at radius 1 is 1.50 bits per heavy atom. The van der Waals surface area contributed by atoms with Crippen LogP contribution < -0.4 is 0 Å². The van der Waals surface area contributed by atoms with Crippen LogP contribution in [-0.4, -0.2) is 13.6 Å². The van der Waals surface area contributed by atoms with Gasteiger partial charge in [-0.05, 0) is 6.07 Å². The molecule has 0 aliphatic carbocycles. The molecular formula is C7H4ClNO3S2. The summed E-state index contributed by atoms with van der Waals surface area (Å²) < 4.78 is 26.5. The zero-order valence-corrected chi connectivity index (χ0v) is 9.06. The number of rotatable bonds is 2. The summed E-state index contributed by atoms with van der Waals surface area (Å²) in [6.07, 6.45) is 1.42. The quantitative estimate of drug-likeness (QED) is 0.767. The fraction of sp³-hybridized carbons (Fsp3) is 0. The van der Waals surface area contributed by atoms with Crippen molar-refractivity contribution in [1.82, 2.24) is 5.16 Å². The van der Waals surface area contributed by atoms with Crippen molar-refractivity contribution in [2.75, 3.05) is 0 Å². The van der Waals surface area contributed by atoms with Gasteiger partial charge in [-0.1, -0.05) is 5.16 Å². The molecule has 0 fully saturated rings. The van der Waals surface area contributed by atoms with E-state index in [1.54, 1.807) is 6.07 Å². The molecule has 0 N–H and O–H groups in total. The summed E-state index contributed by atoms with van der Waals surface area (Å²) in [4.78, 5) is 0.792. The van der Waals surface area contributed by atoms with E-state index in [0.29, 0.717) is 10.6 Å². The number of halogens is 1. The number of hydrogen-bond acceptors (Lipinski definition) is 5. The first-order valence-electron chi connectivity index (χ1n) is 3.51. The van der Waals surface area contributed by atoms with Gasteiger partial charge < -0.3 is 4.52 Å². The molecule has 0 amide bonds. The van der Waals surface area contributed by atoms with E-state index < -0.39 is 9.05 Å². The smallest absolute Gasteiger partial charge is 0.262 e. The van der Waals surface area contributed by atoms with Crippen molar-refractivity contribution in [1.29, 1.82) is 0 Å². The van der Waals surface area contributed by atoms with Crippen molar-refractivity contribution < 1.29 is 12.9 Å². The molecule has 0 spiro atoms. The molecule has 0 saturated heterocycles. The Morgan fingerprint density at radius 2 is 2.29 bits per heavy atom. The first-order valence-corrected chi connectivity index (χ1v) is 6.70. The Kier molecular flexibility index (Phi) is 2.34. The first kappa shape index (κ1) is 9.70. The minimum atomic E-state index is -3.65. The minimum absolute atomic E-state index is 0.0853. The van der Waals surface area contributed by atoms with Gasteiger partial charge in [-0.3, -0.25) is 0 Å². The molecule has 0 unspecified atom stereocenters. The highest BCUT2D eigenvalue weighted by molar-refractivity contribution is 8.13. The van der Waals surface area contributed by atoms with Crippen LogP contribution in [0.2, 0.25) is 0 Å². The van der Waals surface area contributed by atoms with E-state index in [-0.39, 0.29) is 4.90 Å². The molecule has 14 heavy (non-hydrogen) atoms. The maximum Gasteiger partial charge on any atom is 0.262 e. The Balaban J connectivity index is 2.46. The lowest BCUT2D eigenvalue weighted by molar-refractivity contribution is 0.422. The normalized spacial score (nSPS) is 11.8. The van der Waals surface area contributed by atoms with Crippen LogP contribution in [0.1, 0.15) is 0 Å². The van der Waals surface area contributed by atoms with Gasteiger partial charge in [0, 0.05) is 22.1 Å². The second-order valence-electron chi connectivity index (χ2n) is 2.47. The standard InChI is InChI=1S/C7H4ClNO3S2/c8-14(10,11)5-3-7(13-4-5)6-1-2-12-9-6/h1-4H. The fourth-order valence-electron chi connectivity index (χ4n) is 0.921. The van der Waals surface area contributed by atoms with Crippen LogP contribution in [-0.2, 0) is 9.05 Å². The topological polar surface area (TPSA) is 60.2 Å². The zero-order valence-electron chi connectivity index (χ0n) is 6.68. The van der Waals surface area contributed by atoms with Crippen molar-refractivity contribution >= 4 is 31.1 Å². The molecule has 74 valence electrons. The van der Waals surface area contributed by atoms with Crippen molar-refractivity contribution in [3.8, 4) is 10.6 Å². The SMILES string of the molecule is O=S(=O)(Cl)c1csc(-c2ccon2)c1. The van der Waals surface area contributed by atoms with Crippen LogP contribution in [0.3, 0.4) is 0 Å². The molecule has 0 radical (unpaired) electrons. The Hall–Kier alpha value is -0.850. The van der Waals surface area contributed by atoms with E-state index >= 15 is 0 Å². The van der Waals surface area contributed by atoms with Crippen LogP contribution in [0.5, 0.6) is 0 Å². The molecule has 4 nitrogen and oxygen atoms in total. The summed E-state index contributed by atoms with van der Waals surface area (Å²) in [6, 6.07) is 3.11. The number of aromatic nitrogens is 1. The van der Waals surface area contributed by atoms with Gasteiger partial charge in [0.05, 0.1) is 9.77 Å². The highest BCUT2D eigenvalue weighted by Crippen LogP contribution is 2.29. The van der Waals surface area contributed by atoms with Gasteiger partial charge in [0.1, 0.15) is 12.0 Å². The van der Waals surface area contributed by atoms with Crippen LogP contribution in [0.4, 0.5) is 0 Å². The molecule has 2 aromatic rings. The summed E-state index contributed by atoms with van der Waals surface area (Å²) in [6.45, 7) is 0. The average Bonchev–Trinajstić information content (AvgIpc) is 2.73. The summed E-state index contributed by atoms with van der Waals surface area (Å²) >= 11 is 1.25. The lowest BCUT2D eigenvalue weighted by Crippen LogP contribution is -1.85. The first-order chi connectivity index (χ1) is 6.57. The third kappa shape index (κ3) is 1.82. The Labute approximate surface area is 88.5 Å². The second-order valence-corrected chi connectivity index (χ2v) is 5.95. The predicted octanol–water partition coefficient (Wildman–Crippen LogP) is 2.33. The summed E-state index contributed by atoms with van der Waals surface area (Å²) in [5.41, 5.74) is 0.599. The molecule has 0 aliphatic heterocycles. The van der Waals surface area contributed by atoms with Gasteiger partial charge in [-0.2, -0.15) is 0 Å². The lowest BCUT2D eigenvalue weighted by Gasteiger charge is -1.86. The molecular weight excluding hydrogens is 246 g/mol. The molecule has 0 bridgehead atoms. The highest BCUT2D eigenvalue weighted by Gasteiger charge is 2.14. The van der Waals surface area contributed by atoms with E-state index in [0.717, 1.165) is 0 Å². The third-order valence-electron chi connectivity index (χ3n) is 1.55. The van der Waals surface area contributed by atoms with E-state index in [1.807, 2.05) is 0 Å². The fourth-order valence-corrected chi connectivity index (χ4v) is 3.05. The third-order valence-corrected chi connectivity index (χ3v) is 3.98. The summed E-state index contributed by atoms with van der Waals surface area (Å²) in [7, 11) is 1.52. The zero-order chi connectivity index (χ0) is 10.2. The molecule has 0 aromatic carbocycles. The van der Waals surface area contributed by atoms with Crippen molar-refractivity contribution in [3.05, 3.63) is 23.8 Å². The minimum Gasteiger partial charge on any atom is -0.364 e. The van der Waals surface area contributed by atoms with Crippen molar-refractivity contribution in [2.24, 2.45) is 0 Å². The molecule has 0 atom stereocenters.